The average molecular weight is 452 g/mol. The molecular formula is C21H18ClN7OS. The minimum atomic E-state index is -0.192. The Morgan fingerprint density at radius 1 is 1.10 bits per heavy atom. The molecule has 0 unspecified atom stereocenters. The monoisotopic (exact) mass is 451 g/mol. The lowest BCUT2D eigenvalue weighted by atomic mass is 10.0. The second-order valence-electron chi connectivity index (χ2n) is 7.23. The molecule has 1 atom stereocenters. The van der Waals surface area contributed by atoms with E-state index in [1.165, 1.54) is 0 Å². The number of halogens is 1. The van der Waals surface area contributed by atoms with Crippen LogP contribution < -0.4 is 10.5 Å². The van der Waals surface area contributed by atoms with Crippen LogP contribution in [0.25, 0.3) is 22.2 Å². The Morgan fingerprint density at radius 3 is 2.71 bits per heavy atom. The van der Waals surface area contributed by atoms with E-state index in [1.54, 1.807) is 27.7 Å². The van der Waals surface area contributed by atoms with Gasteiger partial charge < -0.3 is 9.88 Å². The van der Waals surface area contributed by atoms with E-state index in [0.29, 0.717) is 16.4 Å². The highest BCUT2D eigenvalue weighted by molar-refractivity contribution is 7.59. The number of benzene rings is 1. The van der Waals surface area contributed by atoms with Crippen molar-refractivity contribution in [2.75, 3.05) is 11.4 Å². The highest BCUT2D eigenvalue weighted by atomic mass is 35.5. The summed E-state index contributed by atoms with van der Waals surface area (Å²) in [7, 11) is 0. The number of fused-ring (bicyclic) bond motifs is 2. The van der Waals surface area contributed by atoms with Crippen LogP contribution >= 0.6 is 25.1 Å². The van der Waals surface area contributed by atoms with Gasteiger partial charge in [-0.1, -0.05) is 29.8 Å². The van der Waals surface area contributed by atoms with Crippen molar-refractivity contribution in [2.45, 2.75) is 12.5 Å². The highest BCUT2D eigenvalue weighted by Gasteiger charge is 2.36. The molecule has 4 aromatic heterocycles. The Hall–Kier alpha value is -3.30. The van der Waals surface area contributed by atoms with E-state index >= 15 is 0 Å². The van der Waals surface area contributed by atoms with Gasteiger partial charge in [-0.15, -0.1) is 0 Å². The predicted octanol–water partition coefficient (Wildman–Crippen LogP) is 3.47. The van der Waals surface area contributed by atoms with Crippen LogP contribution in [0.3, 0.4) is 0 Å². The van der Waals surface area contributed by atoms with Gasteiger partial charge in [0.1, 0.15) is 23.3 Å². The number of aromatic nitrogens is 6. The van der Waals surface area contributed by atoms with E-state index in [2.05, 4.69) is 19.9 Å². The van der Waals surface area contributed by atoms with Crippen LogP contribution in [0.1, 0.15) is 18.3 Å². The number of aromatic amines is 1. The maximum atomic E-state index is 13.5. The summed E-state index contributed by atoms with van der Waals surface area (Å²) >= 11 is 6.29. The second-order valence-corrected chi connectivity index (χ2v) is 7.63. The van der Waals surface area contributed by atoms with Gasteiger partial charge in [0.05, 0.1) is 22.1 Å². The molecule has 1 aliphatic rings. The van der Waals surface area contributed by atoms with Gasteiger partial charge in [-0.25, -0.2) is 14.5 Å². The molecule has 6 rings (SSSR count). The Kier molecular flexibility index (Phi) is 4.71. The van der Waals surface area contributed by atoms with E-state index in [4.69, 9.17) is 16.7 Å². The molecule has 1 aromatic carbocycles. The van der Waals surface area contributed by atoms with Gasteiger partial charge >= 0.3 is 0 Å². The fourth-order valence-electron chi connectivity index (χ4n) is 4.09. The zero-order valence-electron chi connectivity index (χ0n) is 16.2. The summed E-state index contributed by atoms with van der Waals surface area (Å²) in [5.74, 6) is 1.48. The van der Waals surface area contributed by atoms with E-state index in [9.17, 15) is 4.79 Å². The number of rotatable bonds is 3. The van der Waals surface area contributed by atoms with Crippen molar-refractivity contribution in [3.63, 3.8) is 0 Å². The zero-order chi connectivity index (χ0) is 20.2. The minimum absolute atomic E-state index is 0. The van der Waals surface area contributed by atoms with Gasteiger partial charge in [-0.05, 0) is 30.7 Å². The summed E-state index contributed by atoms with van der Waals surface area (Å²) in [6.07, 6.45) is 5.98. The highest BCUT2D eigenvalue weighted by Crippen LogP contribution is 2.38. The molecule has 31 heavy (non-hydrogen) atoms. The third-order valence-corrected chi connectivity index (χ3v) is 5.90. The SMILES string of the molecule is O=c1c2c(Cl)ccn2nc([C@@H]2CCN2c2ncnc3[nH]ccc23)n1-c1ccccc1.S. The van der Waals surface area contributed by atoms with Crippen molar-refractivity contribution in [1.82, 2.24) is 29.1 Å². The summed E-state index contributed by atoms with van der Waals surface area (Å²) in [6, 6.07) is 13.1. The summed E-state index contributed by atoms with van der Waals surface area (Å²) in [5.41, 5.74) is 1.71. The zero-order valence-corrected chi connectivity index (χ0v) is 18.0. The first-order chi connectivity index (χ1) is 14.7. The predicted molar refractivity (Wildman–Crippen MR) is 125 cm³/mol. The smallest absolute Gasteiger partial charge is 0.284 e. The number of nitrogens with zero attached hydrogens (tertiary/aromatic N) is 6. The van der Waals surface area contributed by atoms with Gasteiger partial charge in [0, 0.05) is 18.9 Å². The Balaban J connectivity index is 0.00000204. The molecule has 5 aromatic rings. The van der Waals surface area contributed by atoms with Crippen LogP contribution in [0.2, 0.25) is 5.02 Å². The number of nitrogens with one attached hydrogen (secondary N) is 1. The molecule has 5 heterocycles. The largest absolute Gasteiger partial charge is 0.346 e. The fourth-order valence-corrected chi connectivity index (χ4v) is 4.31. The summed E-state index contributed by atoms with van der Waals surface area (Å²) in [6.45, 7) is 0.817. The Morgan fingerprint density at radius 2 is 1.94 bits per heavy atom. The van der Waals surface area contributed by atoms with Gasteiger partial charge in [0.25, 0.3) is 5.56 Å². The average Bonchev–Trinajstić information content (AvgIpc) is 3.35. The molecule has 0 amide bonds. The van der Waals surface area contributed by atoms with Gasteiger partial charge in [-0.3, -0.25) is 9.36 Å². The third-order valence-electron chi connectivity index (χ3n) is 5.60. The second kappa shape index (κ2) is 7.44. The number of anilines is 1. The molecule has 0 aliphatic carbocycles. The summed E-state index contributed by atoms with van der Waals surface area (Å²) in [4.78, 5) is 27.5. The molecule has 0 radical (unpaired) electrons. The fraction of sp³-hybridized carbons (Fsp3) is 0.143. The van der Waals surface area contributed by atoms with Crippen LogP contribution in [0.4, 0.5) is 5.82 Å². The van der Waals surface area contributed by atoms with E-state index < -0.39 is 0 Å². The Labute approximate surface area is 188 Å². The van der Waals surface area contributed by atoms with Crippen molar-refractivity contribution in [1.29, 1.82) is 0 Å². The van der Waals surface area contributed by atoms with Crippen LogP contribution in [0.15, 0.2) is 66.0 Å². The van der Waals surface area contributed by atoms with Crippen molar-refractivity contribution < 1.29 is 0 Å². The molecule has 8 nitrogen and oxygen atoms in total. The Bertz CT molecular complexity index is 1460. The van der Waals surface area contributed by atoms with Crippen molar-refractivity contribution in [2.24, 2.45) is 0 Å². The first-order valence-electron chi connectivity index (χ1n) is 9.62. The molecule has 0 saturated carbocycles. The maximum Gasteiger partial charge on any atom is 0.284 e. The topological polar surface area (TPSA) is 84.1 Å². The summed E-state index contributed by atoms with van der Waals surface area (Å²) < 4.78 is 3.23. The molecule has 156 valence electrons. The third kappa shape index (κ3) is 2.92. The molecule has 1 fully saturated rings. The van der Waals surface area contributed by atoms with Crippen LogP contribution in [0, 0.1) is 0 Å². The van der Waals surface area contributed by atoms with Crippen molar-refractivity contribution in [3.8, 4) is 5.69 Å². The van der Waals surface area contributed by atoms with Crippen molar-refractivity contribution in [3.05, 3.63) is 82.4 Å². The first kappa shape index (κ1) is 19.7. The van der Waals surface area contributed by atoms with Crippen LogP contribution in [-0.2, 0) is 0 Å². The molecule has 1 aliphatic heterocycles. The lowest BCUT2D eigenvalue weighted by molar-refractivity contribution is 0.424. The standard InChI is InChI=1S/C21H16ClN7O.H2S/c22-15-7-11-28-17(15)21(30)29(13-4-2-1-3-5-13)20(26-28)16-8-10-27(16)19-14-6-9-23-18(14)24-12-25-19;/h1-7,9,11-12,16H,8,10H2,(H,23,24,25);1H2/t16-;/m0./s1. The van der Waals surface area contributed by atoms with Gasteiger partial charge in [0.15, 0.2) is 5.82 Å². The molecule has 0 bridgehead atoms. The van der Waals surface area contributed by atoms with Crippen LogP contribution in [0.5, 0.6) is 0 Å². The summed E-state index contributed by atoms with van der Waals surface area (Å²) in [5, 5.41) is 6.13. The molecular weight excluding hydrogens is 434 g/mol. The number of hydrogen-bond acceptors (Lipinski definition) is 5. The van der Waals surface area contributed by atoms with E-state index in [1.807, 2.05) is 42.6 Å². The van der Waals surface area contributed by atoms with Gasteiger partial charge in [0.2, 0.25) is 0 Å². The quantitative estimate of drug-likeness (QED) is 0.454. The van der Waals surface area contributed by atoms with Gasteiger partial charge in [-0.2, -0.15) is 18.6 Å². The van der Waals surface area contributed by atoms with Crippen molar-refractivity contribution >= 4 is 47.5 Å². The normalized spacial score (nSPS) is 15.8. The minimum Gasteiger partial charge on any atom is -0.346 e. The lowest BCUT2D eigenvalue weighted by Gasteiger charge is -2.42. The maximum absolute atomic E-state index is 13.5. The molecule has 0 spiro atoms. The van der Waals surface area contributed by atoms with Crippen LogP contribution in [-0.4, -0.2) is 35.7 Å². The lowest BCUT2D eigenvalue weighted by Crippen LogP contribution is -2.45. The number of H-pyrrole nitrogens is 1. The number of para-hydroxylation sites is 1. The molecule has 10 heteroatoms. The van der Waals surface area contributed by atoms with E-state index in [0.717, 1.165) is 35.5 Å². The first-order valence-corrected chi connectivity index (χ1v) is 10.00. The molecule has 1 saturated heterocycles. The van der Waals surface area contributed by atoms with E-state index in [-0.39, 0.29) is 25.1 Å². The number of hydrogen-bond donors (Lipinski definition) is 1. The molecule has 1 N–H and O–H groups in total.